The van der Waals surface area contributed by atoms with Crippen LogP contribution in [-0.2, 0) is 21.4 Å². The normalized spacial score (nSPS) is 13.9. The van der Waals surface area contributed by atoms with Crippen molar-refractivity contribution in [3.05, 3.63) is 16.5 Å². The first-order valence-corrected chi connectivity index (χ1v) is 8.58. The highest BCUT2D eigenvalue weighted by atomic mass is 79.9. The third-order valence-electron chi connectivity index (χ3n) is 2.76. The van der Waals surface area contributed by atoms with E-state index < -0.39 is 10.0 Å². The number of rotatable bonds is 8. The largest absolute Gasteiger partial charge is 0.450 e. The van der Waals surface area contributed by atoms with Crippen LogP contribution < -0.4 is 4.72 Å². The van der Waals surface area contributed by atoms with Crippen LogP contribution in [0.25, 0.3) is 0 Å². The SMILES string of the molecule is CCOCC(NS(=O)(=O)c1cc(CO)oc1Br)C(C)C. The molecule has 0 aliphatic rings. The van der Waals surface area contributed by atoms with Crippen LogP contribution in [-0.4, -0.2) is 32.8 Å². The molecule has 0 spiro atoms. The van der Waals surface area contributed by atoms with Crippen LogP contribution in [0.4, 0.5) is 0 Å². The quantitative estimate of drug-likeness (QED) is 0.729. The van der Waals surface area contributed by atoms with Gasteiger partial charge in [0, 0.05) is 18.7 Å². The van der Waals surface area contributed by atoms with E-state index in [1.807, 2.05) is 20.8 Å². The number of halogens is 1. The van der Waals surface area contributed by atoms with Gasteiger partial charge in [-0.25, -0.2) is 13.1 Å². The number of nitrogens with one attached hydrogen (secondary N) is 1. The Labute approximate surface area is 127 Å². The molecule has 8 heteroatoms. The number of hydrogen-bond acceptors (Lipinski definition) is 5. The summed E-state index contributed by atoms with van der Waals surface area (Å²) in [6, 6.07) is 0.962. The Balaban J connectivity index is 2.94. The van der Waals surface area contributed by atoms with Crippen LogP contribution in [0.2, 0.25) is 0 Å². The molecule has 1 unspecified atom stereocenters. The van der Waals surface area contributed by atoms with Gasteiger partial charge in [-0.1, -0.05) is 13.8 Å². The van der Waals surface area contributed by atoms with Crippen molar-refractivity contribution < 1.29 is 22.7 Å². The molecular formula is C12H20BrNO5S. The molecule has 2 N–H and O–H groups in total. The molecule has 0 aromatic carbocycles. The molecule has 0 saturated carbocycles. The number of hydrogen-bond donors (Lipinski definition) is 2. The minimum Gasteiger partial charge on any atom is -0.450 e. The number of aliphatic hydroxyl groups is 1. The van der Waals surface area contributed by atoms with E-state index in [1.54, 1.807) is 0 Å². The lowest BCUT2D eigenvalue weighted by atomic mass is 10.1. The van der Waals surface area contributed by atoms with Gasteiger partial charge in [0.05, 0.1) is 6.61 Å². The summed E-state index contributed by atoms with van der Waals surface area (Å²) in [5.74, 6) is 0.266. The van der Waals surface area contributed by atoms with Gasteiger partial charge in [-0.3, -0.25) is 0 Å². The summed E-state index contributed by atoms with van der Waals surface area (Å²) in [4.78, 5) is -0.0244. The second-order valence-corrected chi connectivity index (χ2v) is 7.04. The lowest BCUT2D eigenvalue weighted by Crippen LogP contribution is -2.41. The first kappa shape index (κ1) is 17.6. The molecule has 116 valence electrons. The van der Waals surface area contributed by atoms with E-state index in [0.717, 1.165) is 0 Å². The molecule has 1 rings (SSSR count). The van der Waals surface area contributed by atoms with Crippen molar-refractivity contribution in [1.82, 2.24) is 4.72 Å². The lowest BCUT2D eigenvalue weighted by Gasteiger charge is -2.21. The minimum atomic E-state index is -3.74. The fourth-order valence-electron chi connectivity index (χ4n) is 1.53. The van der Waals surface area contributed by atoms with Crippen molar-refractivity contribution in [2.24, 2.45) is 5.92 Å². The first-order chi connectivity index (χ1) is 9.31. The molecule has 0 radical (unpaired) electrons. The highest BCUT2D eigenvalue weighted by Crippen LogP contribution is 2.26. The molecule has 0 bridgehead atoms. The van der Waals surface area contributed by atoms with Gasteiger partial charge in [0.1, 0.15) is 17.3 Å². The third-order valence-corrected chi connectivity index (χ3v) is 5.11. The van der Waals surface area contributed by atoms with Crippen molar-refractivity contribution in [1.29, 1.82) is 0 Å². The van der Waals surface area contributed by atoms with Gasteiger partial charge in [0.25, 0.3) is 0 Å². The van der Waals surface area contributed by atoms with Crippen LogP contribution in [0.3, 0.4) is 0 Å². The summed E-state index contributed by atoms with van der Waals surface area (Å²) >= 11 is 3.05. The zero-order valence-corrected chi connectivity index (χ0v) is 14.1. The second kappa shape index (κ2) is 7.56. The average Bonchev–Trinajstić information content (AvgIpc) is 2.76. The number of furan rings is 1. The number of ether oxygens (including phenoxy) is 1. The van der Waals surface area contributed by atoms with Gasteiger partial charge in [-0.05, 0) is 28.8 Å². The predicted molar refractivity (Wildman–Crippen MR) is 77.8 cm³/mol. The fourth-order valence-corrected chi connectivity index (χ4v) is 3.90. The Bertz CT molecular complexity index is 526. The van der Waals surface area contributed by atoms with E-state index in [4.69, 9.17) is 14.3 Å². The predicted octanol–water partition coefficient (Wildman–Crippen LogP) is 1.87. The standard InChI is InChI=1S/C12H20BrNO5S/c1-4-18-7-10(8(2)3)14-20(16,17)11-5-9(6-15)19-12(11)13/h5,8,10,14-15H,4,6-7H2,1-3H3. The monoisotopic (exact) mass is 369 g/mol. The Morgan fingerprint density at radius 1 is 1.50 bits per heavy atom. The van der Waals surface area contributed by atoms with Crippen LogP contribution in [0.15, 0.2) is 20.0 Å². The third kappa shape index (κ3) is 4.56. The van der Waals surface area contributed by atoms with E-state index >= 15 is 0 Å². The van der Waals surface area contributed by atoms with E-state index in [2.05, 4.69) is 20.7 Å². The molecule has 0 aliphatic heterocycles. The summed E-state index contributed by atoms with van der Waals surface area (Å²) in [7, 11) is -3.74. The molecule has 0 fully saturated rings. The van der Waals surface area contributed by atoms with Gasteiger partial charge in [-0.15, -0.1) is 0 Å². The summed E-state index contributed by atoms with van der Waals surface area (Å²) in [6.45, 7) is 6.14. The summed E-state index contributed by atoms with van der Waals surface area (Å²) in [5.41, 5.74) is 0. The summed E-state index contributed by atoms with van der Waals surface area (Å²) in [6.07, 6.45) is 0. The van der Waals surface area contributed by atoms with Gasteiger partial charge >= 0.3 is 0 Å². The summed E-state index contributed by atoms with van der Waals surface area (Å²) < 4.78 is 37.7. The Hall–Kier alpha value is -0.410. The van der Waals surface area contributed by atoms with Crippen LogP contribution in [0, 0.1) is 5.92 Å². The Kier molecular flexibility index (Phi) is 6.67. The van der Waals surface area contributed by atoms with Gasteiger partial charge in [0.2, 0.25) is 10.0 Å². The van der Waals surface area contributed by atoms with Crippen LogP contribution in [0.1, 0.15) is 26.5 Å². The van der Waals surface area contributed by atoms with E-state index in [-0.39, 0.29) is 33.9 Å². The Morgan fingerprint density at radius 2 is 2.15 bits per heavy atom. The molecule has 1 heterocycles. The van der Waals surface area contributed by atoms with Gasteiger partial charge in [0.15, 0.2) is 4.67 Å². The topological polar surface area (TPSA) is 88.8 Å². The first-order valence-electron chi connectivity index (χ1n) is 6.31. The van der Waals surface area contributed by atoms with E-state index in [9.17, 15) is 8.42 Å². The van der Waals surface area contributed by atoms with Crippen molar-refractivity contribution in [3.8, 4) is 0 Å². The van der Waals surface area contributed by atoms with Crippen molar-refractivity contribution in [2.75, 3.05) is 13.2 Å². The molecule has 0 saturated heterocycles. The maximum absolute atomic E-state index is 12.3. The van der Waals surface area contributed by atoms with Crippen molar-refractivity contribution >= 4 is 26.0 Å². The Morgan fingerprint density at radius 3 is 2.60 bits per heavy atom. The van der Waals surface area contributed by atoms with Crippen molar-refractivity contribution in [2.45, 2.75) is 38.3 Å². The van der Waals surface area contributed by atoms with Crippen LogP contribution >= 0.6 is 15.9 Å². The molecular weight excluding hydrogens is 350 g/mol. The highest BCUT2D eigenvalue weighted by molar-refractivity contribution is 9.10. The number of sulfonamides is 1. The lowest BCUT2D eigenvalue weighted by molar-refractivity contribution is 0.116. The summed E-state index contributed by atoms with van der Waals surface area (Å²) in [5, 5.41) is 8.98. The smallest absolute Gasteiger partial charge is 0.245 e. The zero-order chi connectivity index (χ0) is 15.3. The van der Waals surface area contributed by atoms with Crippen molar-refractivity contribution in [3.63, 3.8) is 0 Å². The second-order valence-electron chi connectivity index (χ2n) is 4.64. The van der Waals surface area contributed by atoms with E-state index in [0.29, 0.717) is 13.2 Å². The molecule has 0 amide bonds. The zero-order valence-electron chi connectivity index (χ0n) is 11.7. The van der Waals surface area contributed by atoms with Crippen LogP contribution in [0.5, 0.6) is 0 Å². The molecule has 1 atom stereocenters. The molecule has 0 aliphatic carbocycles. The molecule has 1 aromatic rings. The minimum absolute atomic E-state index is 0.0244. The average molecular weight is 370 g/mol. The fraction of sp³-hybridized carbons (Fsp3) is 0.667. The maximum atomic E-state index is 12.3. The van der Waals surface area contributed by atoms with Gasteiger partial charge < -0.3 is 14.3 Å². The number of aliphatic hydroxyl groups excluding tert-OH is 1. The molecule has 20 heavy (non-hydrogen) atoms. The highest BCUT2D eigenvalue weighted by Gasteiger charge is 2.27. The van der Waals surface area contributed by atoms with Gasteiger partial charge in [-0.2, -0.15) is 0 Å². The molecule has 1 aromatic heterocycles. The molecule has 6 nitrogen and oxygen atoms in total. The maximum Gasteiger partial charge on any atom is 0.245 e. The van der Waals surface area contributed by atoms with E-state index in [1.165, 1.54) is 6.07 Å².